The Kier molecular flexibility index (Phi) is 9.18. The summed E-state index contributed by atoms with van der Waals surface area (Å²) in [6, 6.07) is 0.554. The molecule has 7 heteroatoms. The van der Waals surface area contributed by atoms with Gasteiger partial charge in [-0.2, -0.15) is 0 Å². The van der Waals surface area contributed by atoms with Crippen LogP contribution in [0.5, 0.6) is 0 Å². The molecule has 0 radical (unpaired) electrons. The third-order valence-electron chi connectivity index (χ3n) is 5.31. The molecule has 2 aliphatic rings. The first-order valence-electron chi connectivity index (χ1n) is 10.2. The molecule has 2 atom stereocenters. The van der Waals surface area contributed by atoms with E-state index in [0.29, 0.717) is 12.1 Å². The fourth-order valence-corrected chi connectivity index (χ4v) is 3.61. The first-order valence-corrected chi connectivity index (χ1v) is 10.2. The predicted molar refractivity (Wildman–Crippen MR) is 105 cm³/mol. The van der Waals surface area contributed by atoms with E-state index in [-0.39, 0.29) is 12.5 Å². The topological polar surface area (TPSA) is 69.2 Å². The lowest BCUT2D eigenvalue weighted by atomic mass is 10.1. The molecule has 1 amide bonds. The fraction of sp³-hybridized carbons (Fsp3) is 0.895. The van der Waals surface area contributed by atoms with Gasteiger partial charge in [0.25, 0.3) is 0 Å². The van der Waals surface area contributed by atoms with Crippen LogP contribution in [0, 0.1) is 0 Å². The third-order valence-corrected chi connectivity index (χ3v) is 5.31. The molecule has 150 valence electrons. The van der Waals surface area contributed by atoms with Crippen LogP contribution in [-0.2, 0) is 9.53 Å². The van der Waals surface area contributed by atoms with Crippen LogP contribution in [0.3, 0.4) is 0 Å². The number of ether oxygens (including phenoxy) is 1. The summed E-state index contributed by atoms with van der Waals surface area (Å²) in [6.45, 7) is 7.22. The van der Waals surface area contributed by atoms with E-state index in [1.165, 1.54) is 32.2 Å². The number of nitrogens with zero attached hydrogens (tertiary/aromatic N) is 3. The number of hydrogen-bond acceptors (Lipinski definition) is 4. The van der Waals surface area contributed by atoms with Gasteiger partial charge in [0.15, 0.2) is 5.96 Å². The van der Waals surface area contributed by atoms with E-state index in [9.17, 15) is 4.79 Å². The van der Waals surface area contributed by atoms with Gasteiger partial charge in [-0.1, -0.05) is 6.92 Å². The van der Waals surface area contributed by atoms with Gasteiger partial charge in [-0.15, -0.1) is 0 Å². The maximum atomic E-state index is 11.9. The molecule has 2 N–H and O–H groups in total. The van der Waals surface area contributed by atoms with Crippen LogP contribution in [0.1, 0.15) is 45.4 Å². The lowest BCUT2D eigenvalue weighted by molar-refractivity contribution is -0.127. The zero-order valence-electron chi connectivity index (χ0n) is 16.8. The van der Waals surface area contributed by atoms with Gasteiger partial charge < -0.3 is 20.3 Å². The van der Waals surface area contributed by atoms with Gasteiger partial charge in [0, 0.05) is 39.8 Å². The Labute approximate surface area is 158 Å². The molecule has 2 heterocycles. The van der Waals surface area contributed by atoms with Crippen LogP contribution in [-0.4, -0.2) is 87.2 Å². The van der Waals surface area contributed by atoms with Gasteiger partial charge in [-0.05, 0) is 51.6 Å². The maximum absolute atomic E-state index is 11.9. The second-order valence-electron chi connectivity index (χ2n) is 7.46. The minimum atomic E-state index is 0.0118. The molecule has 2 saturated heterocycles. The van der Waals surface area contributed by atoms with Crippen molar-refractivity contribution >= 4 is 11.9 Å². The summed E-state index contributed by atoms with van der Waals surface area (Å²) in [4.78, 5) is 20.4. The largest absolute Gasteiger partial charge is 0.378 e. The summed E-state index contributed by atoms with van der Waals surface area (Å²) in [7, 11) is 3.52. The number of guanidine groups is 1. The van der Waals surface area contributed by atoms with Crippen molar-refractivity contribution in [1.29, 1.82) is 0 Å². The Hall–Kier alpha value is -1.34. The Balaban J connectivity index is 1.81. The minimum absolute atomic E-state index is 0.0118. The standard InChI is InChI=1S/C19H37N5O2/c1-4-24-12-7-8-16(24)14-21-19(22-15-18(25)23(2)3)20-11-10-17-9-5-6-13-26-17/h16-17H,4-15H2,1-3H3,(H2,20,21,22). The number of nitrogens with one attached hydrogen (secondary N) is 2. The van der Waals surface area contributed by atoms with E-state index in [2.05, 4.69) is 27.4 Å². The molecule has 0 saturated carbocycles. The van der Waals surface area contributed by atoms with Crippen molar-refractivity contribution < 1.29 is 9.53 Å². The van der Waals surface area contributed by atoms with Crippen molar-refractivity contribution in [3.63, 3.8) is 0 Å². The Morgan fingerprint density at radius 2 is 2.08 bits per heavy atom. The number of likely N-dealkylation sites (N-methyl/N-ethyl adjacent to an activating group) is 2. The average molecular weight is 368 g/mol. The molecule has 0 aromatic rings. The first kappa shape index (κ1) is 21.0. The highest BCUT2D eigenvalue weighted by Crippen LogP contribution is 2.16. The number of likely N-dealkylation sites (tertiary alicyclic amines) is 1. The van der Waals surface area contributed by atoms with Crippen molar-refractivity contribution in [3.8, 4) is 0 Å². The van der Waals surface area contributed by atoms with E-state index in [0.717, 1.165) is 45.0 Å². The van der Waals surface area contributed by atoms with Crippen LogP contribution in [0.15, 0.2) is 4.99 Å². The molecule has 26 heavy (non-hydrogen) atoms. The summed E-state index contributed by atoms with van der Waals surface area (Å²) >= 11 is 0. The Morgan fingerprint density at radius 1 is 1.23 bits per heavy atom. The molecule has 0 bridgehead atoms. The van der Waals surface area contributed by atoms with Crippen molar-refractivity contribution in [1.82, 2.24) is 20.4 Å². The van der Waals surface area contributed by atoms with E-state index < -0.39 is 0 Å². The van der Waals surface area contributed by atoms with Crippen molar-refractivity contribution in [2.24, 2.45) is 4.99 Å². The lowest BCUT2D eigenvalue weighted by Crippen LogP contribution is -2.46. The van der Waals surface area contributed by atoms with Crippen LogP contribution < -0.4 is 10.6 Å². The predicted octanol–water partition coefficient (Wildman–Crippen LogP) is 1.05. The van der Waals surface area contributed by atoms with Crippen LogP contribution >= 0.6 is 0 Å². The first-order chi connectivity index (χ1) is 12.6. The molecule has 0 spiro atoms. The summed E-state index contributed by atoms with van der Waals surface area (Å²) in [5, 5.41) is 6.83. The van der Waals surface area contributed by atoms with Gasteiger partial charge in [0.2, 0.25) is 5.91 Å². The fourth-order valence-electron chi connectivity index (χ4n) is 3.61. The average Bonchev–Trinajstić information content (AvgIpc) is 3.11. The molecule has 2 rings (SSSR count). The van der Waals surface area contributed by atoms with Gasteiger partial charge in [-0.25, -0.2) is 4.99 Å². The van der Waals surface area contributed by atoms with Gasteiger partial charge in [-0.3, -0.25) is 9.69 Å². The second kappa shape index (κ2) is 11.4. The van der Waals surface area contributed by atoms with Crippen molar-refractivity contribution in [2.75, 3.05) is 53.4 Å². The highest BCUT2D eigenvalue weighted by molar-refractivity contribution is 5.84. The molecular weight excluding hydrogens is 330 g/mol. The molecular formula is C19H37N5O2. The van der Waals surface area contributed by atoms with Gasteiger partial charge >= 0.3 is 0 Å². The molecule has 0 aliphatic carbocycles. The van der Waals surface area contributed by atoms with E-state index in [4.69, 9.17) is 4.74 Å². The lowest BCUT2D eigenvalue weighted by Gasteiger charge is -2.25. The second-order valence-corrected chi connectivity index (χ2v) is 7.46. The van der Waals surface area contributed by atoms with E-state index in [1.54, 1.807) is 19.0 Å². The van der Waals surface area contributed by atoms with Crippen LogP contribution in [0.2, 0.25) is 0 Å². The van der Waals surface area contributed by atoms with E-state index >= 15 is 0 Å². The van der Waals surface area contributed by atoms with Crippen LogP contribution in [0.25, 0.3) is 0 Å². The van der Waals surface area contributed by atoms with Crippen molar-refractivity contribution in [2.45, 2.75) is 57.6 Å². The Bertz CT molecular complexity index is 449. The molecule has 2 fully saturated rings. The number of carbonyl (C=O) groups excluding carboxylic acids is 1. The third kappa shape index (κ3) is 7.11. The van der Waals surface area contributed by atoms with Crippen LogP contribution in [0.4, 0.5) is 0 Å². The number of rotatable bonds is 8. The zero-order valence-corrected chi connectivity index (χ0v) is 16.8. The van der Waals surface area contributed by atoms with Gasteiger partial charge in [0.1, 0.15) is 6.54 Å². The molecule has 2 unspecified atom stereocenters. The smallest absolute Gasteiger partial charge is 0.243 e. The van der Waals surface area contributed by atoms with E-state index in [1.807, 2.05) is 0 Å². The number of aliphatic imine (C=N–C) groups is 1. The molecule has 0 aromatic heterocycles. The number of amides is 1. The zero-order chi connectivity index (χ0) is 18.8. The number of hydrogen-bond donors (Lipinski definition) is 2. The summed E-state index contributed by atoms with van der Waals surface area (Å²) < 4.78 is 5.79. The summed E-state index contributed by atoms with van der Waals surface area (Å²) in [5.41, 5.74) is 0. The molecule has 7 nitrogen and oxygen atoms in total. The van der Waals surface area contributed by atoms with Crippen molar-refractivity contribution in [3.05, 3.63) is 0 Å². The Morgan fingerprint density at radius 3 is 2.77 bits per heavy atom. The summed E-state index contributed by atoms with van der Waals surface area (Å²) in [5.74, 6) is 0.747. The molecule has 2 aliphatic heterocycles. The maximum Gasteiger partial charge on any atom is 0.243 e. The normalized spacial score (nSPS) is 24.5. The summed E-state index contributed by atoms with van der Waals surface area (Å²) in [6.07, 6.45) is 7.40. The number of carbonyl (C=O) groups is 1. The minimum Gasteiger partial charge on any atom is -0.378 e. The monoisotopic (exact) mass is 367 g/mol. The highest BCUT2D eigenvalue weighted by Gasteiger charge is 2.23. The SMILES string of the molecule is CCN1CCCC1CNC(=NCC(=O)N(C)C)NCCC1CCCCO1. The van der Waals surface area contributed by atoms with Gasteiger partial charge in [0.05, 0.1) is 6.10 Å². The quantitative estimate of drug-likeness (QED) is 0.496. The highest BCUT2D eigenvalue weighted by atomic mass is 16.5. The molecule has 0 aromatic carbocycles.